The standard InChI is InChI=1S/C23H25ClN2O4S/c1-30-22(27)14-18-17-9-5-6-10-20(17)25-23(18)15-11-12-21(19(24)13-15)31(28,29)26-16-7-3-2-4-8-16/h5-6,9-13,16,25-26H,2-4,7-8,14H2,1H3. The second-order valence-electron chi connectivity index (χ2n) is 7.88. The molecule has 164 valence electrons. The van der Waals surface area contributed by atoms with E-state index in [1.165, 1.54) is 13.2 Å². The molecule has 1 fully saturated rings. The van der Waals surface area contributed by atoms with Gasteiger partial charge < -0.3 is 9.72 Å². The van der Waals surface area contributed by atoms with Crippen molar-refractivity contribution in [1.82, 2.24) is 9.71 Å². The minimum atomic E-state index is -3.71. The number of H-pyrrole nitrogens is 1. The van der Waals surface area contributed by atoms with Crippen molar-refractivity contribution >= 4 is 38.5 Å². The number of rotatable bonds is 6. The lowest BCUT2D eigenvalue weighted by atomic mass is 9.96. The second kappa shape index (κ2) is 9.02. The first-order chi connectivity index (χ1) is 14.9. The molecule has 0 atom stereocenters. The van der Waals surface area contributed by atoms with E-state index in [1.807, 2.05) is 24.3 Å². The van der Waals surface area contributed by atoms with E-state index in [2.05, 4.69) is 9.71 Å². The van der Waals surface area contributed by atoms with Crippen LogP contribution in [0.1, 0.15) is 37.7 Å². The molecule has 2 aromatic carbocycles. The number of para-hydroxylation sites is 1. The van der Waals surface area contributed by atoms with Crippen LogP contribution in [0.3, 0.4) is 0 Å². The minimum absolute atomic E-state index is 0.0464. The van der Waals surface area contributed by atoms with Crippen LogP contribution in [0.5, 0.6) is 0 Å². The number of aromatic amines is 1. The minimum Gasteiger partial charge on any atom is -0.469 e. The van der Waals surface area contributed by atoms with E-state index in [1.54, 1.807) is 12.1 Å². The van der Waals surface area contributed by atoms with Gasteiger partial charge in [0.25, 0.3) is 0 Å². The van der Waals surface area contributed by atoms with Gasteiger partial charge in [-0.1, -0.05) is 55.1 Å². The highest BCUT2D eigenvalue weighted by Crippen LogP contribution is 2.34. The molecule has 1 aliphatic carbocycles. The molecule has 3 aromatic rings. The number of fused-ring (bicyclic) bond motifs is 1. The van der Waals surface area contributed by atoms with Gasteiger partial charge >= 0.3 is 5.97 Å². The molecule has 1 aliphatic rings. The molecule has 0 radical (unpaired) electrons. The number of hydrogen-bond acceptors (Lipinski definition) is 4. The molecular weight excluding hydrogens is 436 g/mol. The molecule has 0 amide bonds. The number of esters is 1. The summed E-state index contributed by atoms with van der Waals surface area (Å²) in [5, 5.41) is 1.05. The van der Waals surface area contributed by atoms with Crippen LogP contribution < -0.4 is 4.72 Å². The van der Waals surface area contributed by atoms with Crippen molar-refractivity contribution in [2.45, 2.75) is 49.5 Å². The molecule has 31 heavy (non-hydrogen) atoms. The van der Waals surface area contributed by atoms with Gasteiger partial charge in [0.05, 0.1) is 24.2 Å². The van der Waals surface area contributed by atoms with Crippen LogP contribution in [0.25, 0.3) is 22.2 Å². The SMILES string of the molecule is COC(=O)Cc1c(-c2ccc(S(=O)(=O)NC3CCCCC3)c(Cl)c2)[nH]c2ccccc12. The fraction of sp³-hybridized carbons (Fsp3) is 0.348. The maximum atomic E-state index is 12.9. The van der Waals surface area contributed by atoms with Gasteiger partial charge in [-0.3, -0.25) is 4.79 Å². The summed E-state index contributed by atoms with van der Waals surface area (Å²) in [5.74, 6) is -0.354. The average Bonchev–Trinajstić information content (AvgIpc) is 3.12. The highest BCUT2D eigenvalue weighted by Gasteiger charge is 2.25. The number of ether oxygens (including phenoxy) is 1. The van der Waals surface area contributed by atoms with E-state index in [0.717, 1.165) is 54.3 Å². The third-order valence-corrected chi connectivity index (χ3v) is 7.80. The lowest BCUT2D eigenvalue weighted by molar-refractivity contribution is -0.139. The van der Waals surface area contributed by atoms with Crippen LogP contribution in [0, 0.1) is 0 Å². The molecule has 0 unspecified atom stereocenters. The smallest absolute Gasteiger partial charge is 0.310 e. The Bertz CT molecular complexity index is 1210. The van der Waals surface area contributed by atoms with Crippen molar-refractivity contribution in [1.29, 1.82) is 0 Å². The Morgan fingerprint density at radius 3 is 2.61 bits per heavy atom. The molecule has 0 bridgehead atoms. The number of nitrogens with one attached hydrogen (secondary N) is 2. The van der Waals surface area contributed by atoms with Gasteiger partial charge in [-0.15, -0.1) is 0 Å². The molecule has 8 heteroatoms. The largest absolute Gasteiger partial charge is 0.469 e. The maximum absolute atomic E-state index is 12.9. The topological polar surface area (TPSA) is 88.3 Å². The Balaban J connectivity index is 1.70. The van der Waals surface area contributed by atoms with Crippen LogP contribution >= 0.6 is 11.6 Å². The van der Waals surface area contributed by atoms with Gasteiger partial charge in [0.2, 0.25) is 10.0 Å². The lowest BCUT2D eigenvalue weighted by Gasteiger charge is -2.23. The van der Waals surface area contributed by atoms with Crippen LogP contribution in [-0.2, 0) is 26.0 Å². The summed E-state index contributed by atoms with van der Waals surface area (Å²) >= 11 is 6.44. The Labute approximate surface area is 187 Å². The molecule has 2 N–H and O–H groups in total. The molecule has 0 spiro atoms. The van der Waals surface area contributed by atoms with Gasteiger partial charge in [0, 0.05) is 16.9 Å². The first-order valence-corrected chi connectivity index (χ1v) is 12.2. The fourth-order valence-electron chi connectivity index (χ4n) is 4.22. The highest BCUT2D eigenvalue weighted by molar-refractivity contribution is 7.89. The second-order valence-corrected chi connectivity index (χ2v) is 9.97. The maximum Gasteiger partial charge on any atom is 0.310 e. The number of halogens is 1. The van der Waals surface area contributed by atoms with E-state index in [0.29, 0.717) is 5.56 Å². The van der Waals surface area contributed by atoms with Gasteiger partial charge in [-0.05, 0) is 42.2 Å². The third kappa shape index (κ3) is 4.63. The summed E-state index contributed by atoms with van der Waals surface area (Å²) in [6, 6.07) is 12.5. The summed E-state index contributed by atoms with van der Waals surface area (Å²) < 4.78 is 33.4. The molecule has 0 saturated heterocycles. The van der Waals surface area contributed by atoms with Crippen LogP contribution in [0.4, 0.5) is 0 Å². The van der Waals surface area contributed by atoms with Crippen molar-refractivity contribution in [3.05, 3.63) is 53.1 Å². The summed E-state index contributed by atoms with van der Waals surface area (Å²) in [5.41, 5.74) is 3.09. The summed E-state index contributed by atoms with van der Waals surface area (Å²) in [7, 11) is -2.36. The number of benzene rings is 2. The van der Waals surface area contributed by atoms with Crippen LogP contribution in [-0.4, -0.2) is 32.5 Å². The Morgan fingerprint density at radius 1 is 1.16 bits per heavy atom. The Morgan fingerprint density at radius 2 is 1.90 bits per heavy atom. The van der Waals surface area contributed by atoms with E-state index < -0.39 is 10.0 Å². The zero-order valence-corrected chi connectivity index (χ0v) is 18.9. The van der Waals surface area contributed by atoms with Gasteiger partial charge in [-0.2, -0.15) is 0 Å². The number of sulfonamides is 1. The summed E-state index contributed by atoms with van der Waals surface area (Å²) in [6.45, 7) is 0. The number of carbonyl (C=O) groups excluding carboxylic acids is 1. The molecule has 1 aromatic heterocycles. The predicted octanol–water partition coefficient (Wildman–Crippen LogP) is 4.81. The predicted molar refractivity (Wildman–Crippen MR) is 122 cm³/mol. The molecule has 1 heterocycles. The number of carbonyl (C=O) groups is 1. The van der Waals surface area contributed by atoms with Gasteiger partial charge in [-0.25, -0.2) is 13.1 Å². The van der Waals surface area contributed by atoms with Crippen molar-refractivity contribution in [2.24, 2.45) is 0 Å². The van der Waals surface area contributed by atoms with E-state index in [9.17, 15) is 13.2 Å². The highest BCUT2D eigenvalue weighted by atomic mass is 35.5. The number of aromatic nitrogens is 1. The average molecular weight is 461 g/mol. The normalized spacial score (nSPS) is 15.3. The van der Waals surface area contributed by atoms with Crippen molar-refractivity contribution in [3.63, 3.8) is 0 Å². The van der Waals surface area contributed by atoms with E-state index in [4.69, 9.17) is 16.3 Å². The Kier molecular flexibility index (Phi) is 6.36. The molecule has 1 saturated carbocycles. The van der Waals surface area contributed by atoms with E-state index in [-0.39, 0.29) is 28.4 Å². The molecule has 6 nitrogen and oxygen atoms in total. The van der Waals surface area contributed by atoms with Gasteiger partial charge in [0.15, 0.2) is 0 Å². The number of hydrogen-bond donors (Lipinski definition) is 2. The molecular formula is C23H25ClN2O4S. The molecule has 4 rings (SSSR count). The quantitative estimate of drug-likeness (QED) is 0.516. The lowest BCUT2D eigenvalue weighted by Crippen LogP contribution is -2.36. The number of methoxy groups -OCH3 is 1. The van der Waals surface area contributed by atoms with Crippen LogP contribution in [0.2, 0.25) is 5.02 Å². The summed E-state index contributed by atoms with van der Waals surface area (Å²) in [6.07, 6.45) is 5.00. The zero-order chi connectivity index (χ0) is 22.0. The van der Waals surface area contributed by atoms with E-state index >= 15 is 0 Å². The van der Waals surface area contributed by atoms with Crippen molar-refractivity contribution in [2.75, 3.05) is 7.11 Å². The van der Waals surface area contributed by atoms with Crippen molar-refractivity contribution in [3.8, 4) is 11.3 Å². The first kappa shape index (κ1) is 21.9. The molecule has 0 aliphatic heterocycles. The van der Waals surface area contributed by atoms with Crippen molar-refractivity contribution < 1.29 is 17.9 Å². The monoisotopic (exact) mass is 460 g/mol. The Hall–Kier alpha value is -2.35. The zero-order valence-electron chi connectivity index (χ0n) is 17.3. The fourth-order valence-corrected chi connectivity index (χ4v) is 6.07. The summed E-state index contributed by atoms with van der Waals surface area (Å²) in [4.78, 5) is 15.4. The first-order valence-electron chi connectivity index (χ1n) is 10.4. The third-order valence-electron chi connectivity index (χ3n) is 5.80. The van der Waals surface area contributed by atoms with Gasteiger partial charge in [0.1, 0.15) is 4.90 Å². The van der Waals surface area contributed by atoms with Crippen LogP contribution in [0.15, 0.2) is 47.4 Å².